The molecule has 4 aromatic rings. The molecule has 0 spiro atoms. The van der Waals surface area contributed by atoms with Gasteiger partial charge in [-0.15, -0.1) is 0 Å². The third-order valence-corrected chi connectivity index (χ3v) is 5.05. The number of carbonyl (C=O) groups is 1. The summed E-state index contributed by atoms with van der Waals surface area (Å²) in [6, 6.07) is 11.3. The highest BCUT2D eigenvalue weighted by Crippen LogP contribution is 2.29. The Labute approximate surface area is 185 Å². The number of aromatic nitrogens is 4. The standard InChI is InChI=1S/C21H15N7O5/c1-12(14-3-2-8-23-11-14)26-19-17(27(20(26)29)21(30)31)6-7-18(25-19)24-15-9-13(10-22)4-5-16(15)28(32)33/h2-9,11-12H,1H3,(H,24,25)(H,30,31). The molecule has 0 aliphatic rings. The predicted octanol–water partition coefficient (Wildman–Crippen LogP) is 3.25. The van der Waals surface area contributed by atoms with Gasteiger partial charge in [0.1, 0.15) is 17.0 Å². The van der Waals surface area contributed by atoms with Crippen LogP contribution in [0.2, 0.25) is 0 Å². The van der Waals surface area contributed by atoms with Gasteiger partial charge >= 0.3 is 11.8 Å². The quantitative estimate of drug-likeness (QED) is 0.346. The first-order valence-electron chi connectivity index (χ1n) is 9.54. The highest BCUT2D eigenvalue weighted by molar-refractivity contribution is 5.85. The van der Waals surface area contributed by atoms with Gasteiger partial charge in [0.15, 0.2) is 5.65 Å². The number of rotatable bonds is 5. The third-order valence-electron chi connectivity index (χ3n) is 5.05. The molecule has 0 aliphatic heterocycles. The molecular formula is C21H15N7O5. The van der Waals surface area contributed by atoms with Crippen LogP contribution in [0.4, 0.5) is 22.0 Å². The number of pyridine rings is 2. The Hall–Kier alpha value is -5.05. The zero-order valence-corrected chi connectivity index (χ0v) is 17.0. The van der Waals surface area contributed by atoms with E-state index in [9.17, 15) is 24.8 Å². The van der Waals surface area contributed by atoms with Gasteiger partial charge in [0.25, 0.3) is 5.69 Å². The van der Waals surface area contributed by atoms with Crippen molar-refractivity contribution in [3.63, 3.8) is 0 Å². The van der Waals surface area contributed by atoms with Crippen LogP contribution in [0.15, 0.2) is 59.7 Å². The van der Waals surface area contributed by atoms with Gasteiger partial charge in [0.05, 0.1) is 22.6 Å². The van der Waals surface area contributed by atoms with Crippen molar-refractivity contribution < 1.29 is 14.8 Å². The molecule has 0 aliphatic carbocycles. The summed E-state index contributed by atoms with van der Waals surface area (Å²) in [5, 5.41) is 32.9. The zero-order valence-electron chi connectivity index (χ0n) is 17.0. The maximum Gasteiger partial charge on any atom is 0.420 e. The van der Waals surface area contributed by atoms with Crippen LogP contribution in [0.3, 0.4) is 0 Å². The van der Waals surface area contributed by atoms with Crippen molar-refractivity contribution in [2.45, 2.75) is 13.0 Å². The van der Waals surface area contributed by atoms with E-state index in [-0.39, 0.29) is 33.9 Å². The van der Waals surface area contributed by atoms with Crippen molar-refractivity contribution >= 4 is 34.4 Å². The number of fused-ring (bicyclic) bond motifs is 1. The number of nitrogens with zero attached hydrogens (tertiary/aromatic N) is 6. The van der Waals surface area contributed by atoms with E-state index in [0.29, 0.717) is 10.1 Å². The van der Waals surface area contributed by atoms with Crippen molar-refractivity contribution in [3.05, 3.63) is 86.6 Å². The third kappa shape index (κ3) is 3.74. The van der Waals surface area contributed by atoms with Gasteiger partial charge in [-0.05, 0) is 42.8 Å². The van der Waals surface area contributed by atoms with E-state index in [1.54, 1.807) is 31.5 Å². The molecule has 1 atom stereocenters. The normalized spacial score (nSPS) is 11.6. The van der Waals surface area contributed by atoms with Crippen molar-refractivity contribution in [2.75, 3.05) is 5.32 Å². The molecule has 0 radical (unpaired) electrons. The Balaban J connectivity index is 1.89. The highest BCUT2D eigenvalue weighted by atomic mass is 16.6. The molecule has 0 bridgehead atoms. The Bertz CT molecular complexity index is 1500. The number of hydrogen-bond acceptors (Lipinski definition) is 8. The minimum atomic E-state index is -1.47. The molecular weight excluding hydrogens is 430 g/mol. The van der Waals surface area contributed by atoms with Crippen LogP contribution in [0.1, 0.15) is 24.1 Å². The summed E-state index contributed by atoms with van der Waals surface area (Å²) >= 11 is 0. The second-order valence-corrected chi connectivity index (χ2v) is 7.00. The number of nitro benzene ring substituents is 1. The fraction of sp³-hybridized carbons (Fsp3) is 0.0952. The van der Waals surface area contributed by atoms with E-state index in [2.05, 4.69) is 15.3 Å². The SMILES string of the molecule is CC(c1cccnc1)n1c(=O)n(C(=O)O)c2ccc(Nc3cc(C#N)ccc3[N+](=O)[O-])nc21. The molecule has 0 saturated heterocycles. The topological polar surface area (TPSA) is 169 Å². The van der Waals surface area contributed by atoms with Crippen LogP contribution in [-0.2, 0) is 0 Å². The van der Waals surface area contributed by atoms with Crippen molar-refractivity contribution in [3.8, 4) is 6.07 Å². The summed E-state index contributed by atoms with van der Waals surface area (Å²) in [6.07, 6.45) is 1.66. The van der Waals surface area contributed by atoms with Gasteiger partial charge in [0.2, 0.25) is 0 Å². The summed E-state index contributed by atoms with van der Waals surface area (Å²) in [5.74, 6) is 0.121. The fourth-order valence-corrected chi connectivity index (χ4v) is 3.47. The number of nitrogens with one attached hydrogen (secondary N) is 1. The molecule has 2 N–H and O–H groups in total. The monoisotopic (exact) mass is 445 g/mol. The number of hydrogen-bond donors (Lipinski definition) is 2. The van der Waals surface area contributed by atoms with Gasteiger partial charge in [0, 0.05) is 18.5 Å². The van der Waals surface area contributed by atoms with Crippen molar-refractivity contribution in [2.24, 2.45) is 0 Å². The number of imidazole rings is 1. The Morgan fingerprint density at radius 1 is 1.30 bits per heavy atom. The lowest BCUT2D eigenvalue weighted by atomic mass is 10.1. The summed E-state index contributed by atoms with van der Waals surface area (Å²) < 4.78 is 1.80. The second kappa shape index (κ2) is 8.23. The molecule has 3 heterocycles. The zero-order chi connectivity index (χ0) is 23.7. The van der Waals surface area contributed by atoms with E-state index in [4.69, 9.17) is 5.26 Å². The molecule has 0 amide bonds. The van der Waals surface area contributed by atoms with E-state index >= 15 is 0 Å². The molecule has 3 aromatic heterocycles. The summed E-state index contributed by atoms with van der Waals surface area (Å²) in [5.41, 5.74) is -0.101. The fourth-order valence-electron chi connectivity index (χ4n) is 3.47. The highest BCUT2D eigenvalue weighted by Gasteiger charge is 2.24. The summed E-state index contributed by atoms with van der Waals surface area (Å²) in [7, 11) is 0. The largest absolute Gasteiger partial charge is 0.464 e. The maximum absolute atomic E-state index is 13.0. The maximum atomic E-state index is 13.0. The van der Waals surface area contributed by atoms with E-state index < -0.39 is 22.7 Å². The summed E-state index contributed by atoms with van der Waals surface area (Å²) in [6.45, 7) is 1.70. The Morgan fingerprint density at radius 3 is 2.73 bits per heavy atom. The molecule has 12 nitrogen and oxygen atoms in total. The number of nitro groups is 1. The van der Waals surface area contributed by atoms with Gasteiger partial charge in [-0.2, -0.15) is 9.83 Å². The van der Waals surface area contributed by atoms with E-state index in [1.807, 2.05) is 6.07 Å². The van der Waals surface area contributed by atoms with E-state index in [1.165, 1.54) is 34.9 Å². The second-order valence-electron chi connectivity index (χ2n) is 7.00. The van der Waals surface area contributed by atoms with Gasteiger partial charge in [-0.3, -0.25) is 19.7 Å². The minimum absolute atomic E-state index is 0.0257. The van der Waals surface area contributed by atoms with Crippen molar-refractivity contribution in [1.29, 1.82) is 5.26 Å². The van der Waals surface area contributed by atoms with Gasteiger partial charge in [-0.1, -0.05) is 6.07 Å². The van der Waals surface area contributed by atoms with Crippen LogP contribution in [0, 0.1) is 21.4 Å². The first kappa shape index (κ1) is 21.2. The minimum Gasteiger partial charge on any atom is -0.464 e. The average Bonchev–Trinajstić information content (AvgIpc) is 3.10. The average molecular weight is 445 g/mol. The molecule has 12 heteroatoms. The smallest absolute Gasteiger partial charge is 0.420 e. The molecule has 0 saturated carbocycles. The molecule has 164 valence electrons. The lowest BCUT2D eigenvalue weighted by Crippen LogP contribution is -2.30. The Morgan fingerprint density at radius 2 is 2.09 bits per heavy atom. The Kier molecular flexibility index (Phi) is 5.29. The van der Waals surface area contributed by atoms with Gasteiger partial charge in [-0.25, -0.2) is 14.6 Å². The lowest BCUT2D eigenvalue weighted by molar-refractivity contribution is -0.383. The van der Waals surface area contributed by atoms with Crippen LogP contribution >= 0.6 is 0 Å². The molecule has 1 aromatic carbocycles. The summed E-state index contributed by atoms with van der Waals surface area (Å²) in [4.78, 5) is 43.9. The first-order chi connectivity index (χ1) is 15.8. The van der Waals surface area contributed by atoms with Crippen LogP contribution in [-0.4, -0.2) is 35.2 Å². The first-order valence-corrected chi connectivity index (χ1v) is 9.54. The molecule has 1 unspecified atom stereocenters. The number of carboxylic acid groups (broad SMARTS) is 1. The van der Waals surface area contributed by atoms with Gasteiger partial charge < -0.3 is 10.4 Å². The predicted molar refractivity (Wildman–Crippen MR) is 117 cm³/mol. The molecule has 33 heavy (non-hydrogen) atoms. The number of benzene rings is 1. The number of nitriles is 1. The van der Waals surface area contributed by atoms with Crippen LogP contribution in [0.25, 0.3) is 11.2 Å². The van der Waals surface area contributed by atoms with Crippen molar-refractivity contribution in [1.82, 2.24) is 19.1 Å². The number of anilines is 2. The molecule has 4 rings (SSSR count). The van der Waals surface area contributed by atoms with E-state index in [0.717, 1.165) is 0 Å². The lowest BCUT2D eigenvalue weighted by Gasteiger charge is -2.13. The van der Waals surface area contributed by atoms with Crippen LogP contribution in [0.5, 0.6) is 0 Å². The molecule has 0 fully saturated rings. The van der Waals surface area contributed by atoms with Crippen LogP contribution < -0.4 is 11.0 Å².